The minimum absolute atomic E-state index is 0.0548. The molecule has 3 rings (SSSR count). The first-order valence-corrected chi connectivity index (χ1v) is 9.16. The lowest BCUT2D eigenvalue weighted by Crippen LogP contribution is -2.26. The highest BCUT2D eigenvalue weighted by Gasteiger charge is 2.37. The van der Waals surface area contributed by atoms with Gasteiger partial charge < -0.3 is 14.8 Å². The molecule has 1 N–H and O–H groups in total. The summed E-state index contributed by atoms with van der Waals surface area (Å²) in [5, 5.41) is 2.53. The summed E-state index contributed by atoms with van der Waals surface area (Å²) in [5.41, 5.74) is -0.0118. The SMILES string of the molecule is COc1cc(C(F)(F)F)c(C(=O)NCc2ccccc2)cc1OCc1ccccc1. The molecule has 0 fully saturated rings. The predicted octanol–water partition coefficient (Wildman–Crippen LogP) is 5.22. The lowest BCUT2D eigenvalue weighted by atomic mass is 10.0. The van der Waals surface area contributed by atoms with Crippen LogP contribution in [0.4, 0.5) is 13.2 Å². The summed E-state index contributed by atoms with van der Waals surface area (Å²) < 4.78 is 51.5. The number of carbonyl (C=O) groups is 1. The number of benzene rings is 3. The molecular formula is C23H20F3NO3. The fourth-order valence-corrected chi connectivity index (χ4v) is 2.86. The first kappa shape index (κ1) is 21.2. The van der Waals surface area contributed by atoms with E-state index in [4.69, 9.17) is 9.47 Å². The molecule has 0 spiro atoms. The molecule has 3 aromatic carbocycles. The van der Waals surface area contributed by atoms with E-state index in [1.807, 2.05) is 36.4 Å². The fraction of sp³-hybridized carbons (Fsp3) is 0.174. The summed E-state index contributed by atoms with van der Waals surface area (Å²) in [5.74, 6) is -0.893. The van der Waals surface area contributed by atoms with E-state index in [0.717, 1.165) is 23.3 Å². The van der Waals surface area contributed by atoms with E-state index >= 15 is 0 Å². The van der Waals surface area contributed by atoms with Gasteiger partial charge in [0.05, 0.1) is 18.2 Å². The fourth-order valence-electron chi connectivity index (χ4n) is 2.86. The summed E-state index contributed by atoms with van der Waals surface area (Å²) >= 11 is 0. The molecule has 0 saturated carbocycles. The number of ether oxygens (including phenoxy) is 2. The van der Waals surface area contributed by atoms with Gasteiger partial charge in [0.2, 0.25) is 0 Å². The van der Waals surface area contributed by atoms with Crippen molar-refractivity contribution in [2.75, 3.05) is 7.11 Å². The van der Waals surface area contributed by atoms with Crippen molar-refractivity contribution in [1.29, 1.82) is 0 Å². The number of hydrogen-bond donors (Lipinski definition) is 1. The molecule has 0 bridgehead atoms. The van der Waals surface area contributed by atoms with Crippen molar-refractivity contribution in [3.63, 3.8) is 0 Å². The van der Waals surface area contributed by atoms with E-state index in [2.05, 4.69) is 5.32 Å². The molecular weight excluding hydrogens is 395 g/mol. The Labute approximate surface area is 172 Å². The van der Waals surface area contributed by atoms with Crippen LogP contribution in [0.15, 0.2) is 72.8 Å². The van der Waals surface area contributed by atoms with Crippen molar-refractivity contribution in [3.05, 3.63) is 95.1 Å². The molecule has 7 heteroatoms. The van der Waals surface area contributed by atoms with Crippen molar-refractivity contribution in [2.45, 2.75) is 19.3 Å². The van der Waals surface area contributed by atoms with E-state index in [0.29, 0.717) is 0 Å². The maximum atomic E-state index is 13.6. The summed E-state index contributed by atoms with van der Waals surface area (Å²) in [6.45, 7) is 0.219. The second-order valence-electron chi connectivity index (χ2n) is 6.49. The predicted molar refractivity (Wildman–Crippen MR) is 106 cm³/mol. The zero-order valence-corrected chi connectivity index (χ0v) is 16.2. The van der Waals surface area contributed by atoms with E-state index in [9.17, 15) is 18.0 Å². The molecule has 0 aromatic heterocycles. The van der Waals surface area contributed by atoms with E-state index in [1.54, 1.807) is 24.3 Å². The Morgan fingerprint density at radius 3 is 2.07 bits per heavy atom. The maximum Gasteiger partial charge on any atom is 0.417 e. The van der Waals surface area contributed by atoms with Crippen LogP contribution in [0.2, 0.25) is 0 Å². The number of hydrogen-bond acceptors (Lipinski definition) is 3. The Morgan fingerprint density at radius 2 is 1.50 bits per heavy atom. The van der Waals surface area contributed by atoms with Crippen molar-refractivity contribution < 1.29 is 27.4 Å². The maximum absolute atomic E-state index is 13.6. The minimum atomic E-state index is -4.73. The van der Waals surface area contributed by atoms with Gasteiger partial charge in [-0.3, -0.25) is 4.79 Å². The Balaban J connectivity index is 1.89. The van der Waals surface area contributed by atoms with Crippen LogP contribution in [0, 0.1) is 0 Å². The molecule has 1 amide bonds. The number of amides is 1. The van der Waals surface area contributed by atoms with Gasteiger partial charge in [0.1, 0.15) is 6.61 Å². The Morgan fingerprint density at radius 1 is 0.900 bits per heavy atom. The van der Waals surface area contributed by atoms with Crippen molar-refractivity contribution in [2.24, 2.45) is 0 Å². The molecule has 30 heavy (non-hydrogen) atoms. The molecule has 0 aliphatic heterocycles. The van der Waals surface area contributed by atoms with Gasteiger partial charge in [-0.05, 0) is 23.3 Å². The van der Waals surface area contributed by atoms with Gasteiger partial charge in [-0.25, -0.2) is 0 Å². The number of nitrogens with one attached hydrogen (secondary N) is 1. The van der Waals surface area contributed by atoms with E-state index in [1.165, 1.54) is 7.11 Å². The second-order valence-corrected chi connectivity index (χ2v) is 6.49. The normalized spacial score (nSPS) is 11.1. The summed E-state index contributed by atoms with van der Waals surface area (Å²) in [6.07, 6.45) is -4.73. The van der Waals surface area contributed by atoms with Gasteiger partial charge in [-0.1, -0.05) is 60.7 Å². The van der Waals surface area contributed by atoms with Gasteiger partial charge in [0.15, 0.2) is 11.5 Å². The standard InChI is InChI=1S/C23H20F3NO3/c1-29-20-13-19(23(24,25)26)18(22(28)27-14-16-8-4-2-5-9-16)12-21(20)30-15-17-10-6-3-7-11-17/h2-13H,14-15H2,1H3,(H,27,28). The highest BCUT2D eigenvalue weighted by atomic mass is 19.4. The van der Waals surface area contributed by atoms with E-state index < -0.39 is 23.2 Å². The quantitative estimate of drug-likeness (QED) is 0.575. The number of rotatable bonds is 7. The van der Waals surface area contributed by atoms with Gasteiger partial charge in [0.25, 0.3) is 5.91 Å². The molecule has 0 radical (unpaired) electrons. The van der Waals surface area contributed by atoms with Crippen LogP contribution < -0.4 is 14.8 Å². The second kappa shape index (κ2) is 9.35. The number of methoxy groups -OCH3 is 1. The highest BCUT2D eigenvalue weighted by molar-refractivity contribution is 5.96. The smallest absolute Gasteiger partial charge is 0.417 e. The third-order valence-corrected chi connectivity index (χ3v) is 4.39. The van der Waals surface area contributed by atoms with Gasteiger partial charge in [-0.15, -0.1) is 0 Å². The Kier molecular flexibility index (Phi) is 6.61. The molecule has 0 aliphatic rings. The largest absolute Gasteiger partial charge is 0.493 e. The lowest BCUT2D eigenvalue weighted by molar-refractivity contribution is -0.138. The zero-order chi connectivity index (χ0) is 21.6. The van der Waals surface area contributed by atoms with Crippen LogP contribution in [0.5, 0.6) is 11.5 Å². The van der Waals surface area contributed by atoms with Gasteiger partial charge in [0, 0.05) is 6.54 Å². The van der Waals surface area contributed by atoms with Crippen LogP contribution in [0.3, 0.4) is 0 Å². The average molecular weight is 415 g/mol. The van der Waals surface area contributed by atoms with Crippen LogP contribution >= 0.6 is 0 Å². The molecule has 0 heterocycles. The van der Waals surface area contributed by atoms with Crippen LogP contribution in [-0.2, 0) is 19.3 Å². The monoisotopic (exact) mass is 415 g/mol. The molecule has 3 aromatic rings. The molecule has 0 aliphatic carbocycles. The van der Waals surface area contributed by atoms with E-state index in [-0.39, 0.29) is 24.7 Å². The minimum Gasteiger partial charge on any atom is -0.493 e. The number of alkyl halides is 3. The Hall–Kier alpha value is -3.48. The van der Waals surface area contributed by atoms with Crippen LogP contribution in [0.1, 0.15) is 27.0 Å². The van der Waals surface area contributed by atoms with Gasteiger partial charge in [-0.2, -0.15) is 13.2 Å². The highest BCUT2D eigenvalue weighted by Crippen LogP contribution is 2.39. The molecule has 0 unspecified atom stereocenters. The first-order chi connectivity index (χ1) is 14.4. The average Bonchev–Trinajstić information content (AvgIpc) is 2.76. The third kappa shape index (κ3) is 5.31. The topological polar surface area (TPSA) is 47.6 Å². The van der Waals surface area contributed by atoms with Crippen LogP contribution in [-0.4, -0.2) is 13.0 Å². The first-order valence-electron chi connectivity index (χ1n) is 9.16. The van der Waals surface area contributed by atoms with Crippen molar-refractivity contribution >= 4 is 5.91 Å². The van der Waals surface area contributed by atoms with Crippen molar-refractivity contribution in [1.82, 2.24) is 5.32 Å². The molecule has 0 saturated heterocycles. The summed E-state index contributed by atoms with van der Waals surface area (Å²) in [7, 11) is 1.25. The zero-order valence-electron chi connectivity index (χ0n) is 16.2. The molecule has 4 nitrogen and oxygen atoms in total. The number of halogens is 3. The third-order valence-electron chi connectivity index (χ3n) is 4.39. The van der Waals surface area contributed by atoms with Crippen LogP contribution in [0.25, 0.3) is 0 Å². The number of carbonyl (C=O) groups excluding carboxylic acids is 1. The molecule has 0 atom stereocenters. The summed E-state index contributed by atoms with van der Waals surface area (Å²) in [4.78, 5) is 12.6. The summed E-state index contributed by atoms with van der Waals surface area (Å²) in [6, 6.07) is 19.9. The molecule has 156 valence electrons. The Bertz CT molecular complexity index is 990. The van der Waals surface area contributed by atoms with Gasteiger partial charge >= 0.3 is 6.18 Å². The van der Waals surface area contributed by atoms with Crippen molar-refractivity contribution in [3.8, 4) is 11.5 Å². The lowest BCUT2D eigenvalue weighted by Gasteiger charge is -2.18.